The number of nitrogens with zero attached hydrogens (tertiary/aromatic N) is 2. The van der Waals surface area contributed by atoms with Crippen molar-refractivity contribution in [2.75, 3.05) is 38.2 Å². The topological polar surface area (TPSA) is 49.9 Å². The Balaban J connectivity index is 1.97. The summed E-state index contributed by atoms with van der Waals surface area (Å²) in [6, 6.07) is 12.1. The van der Waals surface area contributed by atoms with Gasteiger partial charge in [0.2, 0.25) is 10.0 Å². The maximum absolute atomic E-state index is 14.0. The third-order valence-electron chi connectivity index (χ3n) is 6.34. The molecule has 1 fully saturated rings. The van der Waals surface area contributed by atoms with Crippen LogP contribution in [0.25, 0.3) is 0 Å². The normalized spacial score (nSPS) is 15.8. The third kappa shape index (κ3) is 4.81. The fourth-order valence-electron chi connectivity index (χ4n) is 4.38. The van der Waals surface area contributed by atoms with E-state index in [-0.39, 0.29) is 11.8 Å². The lowest BCUT2D eigenvalue weighted by atomic mass is 9.89. The Morgan fingerprint density at radius 2 is 1.34 bits per heavy atom. The summed E-state index contributed by atoms with van der Waals surface area (Å²) >= 11 is 0. The van der Waals surface area contributed by atoms with E-state index in [9.17, 15) is 8.42 Å². The molecular formula is C26H38N2O3S. The van der Waals surface area contributed by atoms with E-state index in [0.717, 1.165) is 22.6 Å². The lowest BCUT2D eigenvalue weighted by Gasteiger charge is -2.37. The second-order valence-corrected chi connectivity index (χ2v) is 11.4. The zero-order valence-corrected chi connectivity index (χ0v) is 21.4. The van der Waals surface area contributed by atoms with E-state index >= 15 is 0 Å². The Labute approximate surface area is 194 Å². The minimum Gasteiger partial charge on any atom is -0.495 e. The van der Waals surface area contributed by atoms with Crippen molar-refractivity contribution in [3.8, 4) is 5.75 Å². The largest absolute Gasteiger partial charge is 0.495 e. The maximum atomic E-state index is 14.0. The standard InChI is InChI=1S/C26H38N2O3S/c1-18(2)21-16-22(19(3)4)26(23(17-21)20(5)6)32(29,30)28-14-12-27(13-15-28)24-10-8-9-11-25(24)31-7/h8-11,16-20H,12-15H2,1-7H3. The number of ether oxygens (including phenoxy) is 1. The van der Waals surface area contributed by atoms with Crippen molar-refractivity contribution < 1.29 is 13.2 Å². The Morgan fingerprint density at radius 1 is 0.812 bits per heavy atom. The van der Waals surface area contributed by atoms with Crippen LogP contribution in [0.15, 0.2) is 41.3 Å². The first-order valence-corrected chi connectivity index (χ1v) is 13.1. The molecule has 0 radical (unpaired) electrons. The van der Waals surface area contributed by atoms with Gasteiger partial charge in [0.15, 0.2) is 0 Å². The number of methoxy groups -OCH3 is 1. The van der Waals surface area contributed by atoms with Gasteiger partial charge in [0.05, 0.1) is 17.7 Å². The molecule has 1 heterocycles. The minimum absolute atomic E-state index is 0.130. The first kappa shape index (κ1) is 24.6. The smallest absolute Gasteiger partial charge is 0.243 e. The van der Waals surface area contributed by atoms with Crippen molar-refractivity contribution in [2.45, 2.75) is 64.2 Å². The highest BCUT2D eigenvalue weighted by atomic mass is 32.2. The van der Waals surface area contributed by atoms with Crippen LogP contribution in [0, 0.1) is 0 Å². The van der Waals surface area contributed by atoms with Crippen LogP contribution in [0.1, 0.15) is 76.0 Å². The average molecular weight is 459 g/mol. The minimum atomic E-state index is -3.60. The number of piperazine rings is 1. The third-order valence-corrected chi connectivity index (χ3v) is 8.37. The maximum Gasteiger partial charge on any atom is 0.243 e. The highest BCUT2D eigenvalue weighted by Crippen LogP contribution is 2.37. The highest BCUT2D eigenvalue weighted by molar-refractivity contribution is 7.89. The van der Waals surface area contributed by atoms with Crippen molar-refractivity contribution in [1.29, 1.82) is 0 Å². The van der Waals surface area contributed by atoms with Crippen molar-refractivity contribution in [3.63, 3.8) is 0 Å². The Kier molecular flexibility index (Phi) is 7.56. The van der Waals surface area contributed by atoms with Gasteiger partial charge in [-0.1, -0.05) is 65.8 Å². The first-order chi connectivity index (χ1) is 15.1. The molecule has 3 rings (SSSR count). The van der Waals surface area contributed by atoms with Crippen LogP contribution in [0.3, 0.4) is 0 Å². The molecule has 176 valence electrons. The van der Waals surface area contributed by atoms with Crippen molar-refractivity contribution >= 4 is 15.7 Å². The van der Waals surface area contributed by atoms with Gasteiger partial charge in [-0.2, -0.15) is 4.31 Å². The van der Waals surface area contributed by atoms with E-state index in [1.54, 1.807) is 11.4 Å². The van der Waals surface area contributed by atoms with Crippen LogP contribution in [0.2, 0.25) is 0 Å². The Bertz CT molecular complexity index is 1010. The number of hydrogen-bond acceptors (Lipinski definition) is 4. The first-order valence-electron chi connectivity index (χ1n) is 11.6. The fraction of sp³-hybridized carbons (Fsp3) is 0.538. The van der Waals surface area contributed by atoms with Crippen LogP contribution in [0.5, 0.6) is 5.75 Å². The Hall–Kier alpha value is -2.05. The molecule has 32 heavy (non-hydrogen) atoms. The molecule has 0 atom stereocenters. The quantitative estimate of drug-likeness (QED) is 0.544. The predicted octanol–water partition coefficient (Wildman–Crippen LogP) is 5.58. The summed E-state index contributed by atoms with van der Waals surface area (Å²) in [5, 5.41) is 0. The summed E-state index contributed by atoms with van der Waals surface area (Å²) in [4.78, 5) is 2.73. The molecular weight excluding hydrogens is 420 g/mol. The van der Waals surface area contributed by atoms with Gasteiger partial charge in [-0.05, 0) is 46.6 Å². The van der Waals surface area contributed by atoms with E-state index in [1.807, 2.05) is 24.3 Å². The van der Waals surface area contributed by atoms with Crippen LogP contribution in [-0.4, -0.2) is 46.0 Å². The molecule has 0 amide bonds. The molecule has 0 N–H and O–H groups in total. The molecule has 1 saturated heterocycles. The predicted molar refractivity (Wildman–Crippen MR) is 133 cm³/mol. The van der Waals surface area contributed by atoms with Crippen molar-refractivity contribution in [3.05, 3.63) is 53.1 Å². The monoisotopic (exact) mass is 458 g/mol. The molecule has 1 aliphatic heterocycles. The van der Waals surface area contributed by atoms with Crippen molar-refractivity contribution in [2.24, 2.45) is 0 Å². The molecule has 0 saturated carbocycles. The summed E-state index contributed by atoms with van der Waals surface area (Å²) < 4.78 is 35.1. The van der Waals surface area contributed by atoms with Crippen LogP contribution in [-0.2, 0) is 10.0 Å². The van der Waals surface area contributed by atoms with Gasteiger partial charge in [-0.3, -0.25) is 0 Å². The van der Waals surface area contributed by atoms with Gasteiger partial charge in [0.1, 0.15) is 5.75 Å². The number of para-hydroxylation sites is 2. The van der Waals surface area contributed by atoms with E-state index in [2.05, 4.69) is 58.6 Å². The van der Waals surface area contributed by atoms with Gasteiger partial charge in [0.25, 0.3) is 0 Å². The number of anilines is 1. The lowest BCUT2D eigenvalue weighted by Crippen LogP contribution is -2.49. The molecule has 6 heteroatoms. The van der Waals surface area contributed by atoms with E-state index < -0.39 is 10.0 Å². The lowest BCUT2D eigenvalue weighted by molar-refractivity contribution is 0.377. The van der Waals surface area contributed by atoms with E-state index in [4.69, 9.17) is 4.74 Å². The van der Waals surface area contributed by atoms with Crippen molar-refractivity contribution in [1.82, 2.24) is 4.31 Å². The molecule has 1 aliphatic rings. The van der Waals surface area contributed by atoms with Gasteiger partial charge >= 0.3 is 0 Å². The molecule has 0 spiro atoms. The Morgan fingerprint density at radius 3 is 1.81 bits per heavy atom. The molecule has 0 aromatic heterocycles. The SMILES string of the molecule is COc1ccccc1N1CCN(S(=O)(=O)c2c(C(C)C)cc(C(C)C)cc2C(C)C)CC1. The molecule has 0 unspecified atom stereocenters. The van der Waals surface area contributed by atoms with Gasteiger partial charge in [-0.15, -0.1) is 0 Å². The fourth-order valence-corrected chi connectivity index (χ4v) is 6.46. The molecule has 0 bridgehead atoms. The van der Waals surface area contributed by atoms with Crippen LogP contribution in [0.4, 0.5) is 5.69 Å². The summed E-state index contributed by atoms with van der Waals surface area (Å²) in [5.41, 5.74) is 4.09. The summed E-state index contributed by atoms with van der Waals surface area (Å²) in [7, 11) is -1.93. The zero-order chi connectivity index (χ0) is 23.6. The molecule has 0 aliphatic carbocycles. The van der Waals surface area contributed by atoms with Gasteiger partial charge < -0.3 is 9.64 Å². The molecule has 2 aromatic carbocycles. The van der Waals surface area contributed by atoms with E-state index in [0.29, 0.717) is 37.0 Å². The second kappa shape index (κ2) is 9.84. The molecule has 2 aromatic rings. The van der Waals surface area contributed by atoms with Gasteiger partial charge in [0, 0.05) is 26.2 Å². The summed E-state index contributed by atoms with van der Waals surface area (Å²) in [6.45, 7) is 14.9. The van der Waals surface area contributed by atoms with E-state index in [1.165, 1.54) is 5.56 Å². The number of hydrogen-bond donors (Lipinski definition) is 0. The number of benzene rings is 2. The zero-order valence-electron chi connectivity index (χ0n) is 20.6. The average Bonchev–Trinajstić information content (AvgIpc) is 2.78. The second-order valence-electron chi connectivity index (χ2n) is 9.56. The van der Waals surface area contributed by atoms with Crippen LogP contribution < -0.4 is 9.64 Å². The van der Waals surface area contributed by atoms with Gasteiger partial charge in [-0.25, -0.2) is 8.42 Å². The summed E-state index contributed by atoms with van der Waals surface area (Å²) in [6.07, 6.45) is 0. The highest BCUT2D eigenvalue weighted by Gasteiger charge is 2.34. The molecule has 5 nitrogen and oxygen atoms in total. The van der Waals surface area contributed by atoms with Crippen LogP contribution >= 0.6 is 0 Å². The number of sulfonamides is 1. The summed E-state index contributed by atoms with van der Waals surface area (Å²) in [5.74, 6) is 1.43. The number of rotatable bonds is 7.